The molecule has 0 atom stereocenters. The maximum Gasteiger partial charge on any atom is 0.220 e. The molecular weight excluding hydrogens is 276 g/mol. The summed E-state index contributed by atoms with van der Waals surface area (Å²) < 4.78 is 2.13. The van der Waals surface area contributed by atoms with Gasteiger partial charge in [-0.1, -0.05) is 12.2 Å². The largest absolute Gasteiger partial charge is 0.353 e. The Kier molecular flexibility index (Phi) is 4.93. The first kappa shape index (κ1) is 15.3. The summed E-state index contributed by atoms with van der Waals surface area (Å²) in [6.45, 7) is 6.11. The van der Waals surface area contributed by atoms with E-state index in [1.165, 1.54) is 5.69 Å². The molecule has 3 rings (SSSR count). The van der Waals surface area contributed by atoms with Gasteiger partial charge in [0.25, 0.3) is 0 Å². The van der Waals surface area contributed by atoms with E-state index in [2.05, 4.69) is 45.1 Å². The van der Waals surface area contributed by atoms with Crippen molar-refractivity contribution in [2.75, 3.05) is 13.1 Å². The van der Waals surface area contributed by atoms with Gasteiger partial charge in [-0.05, 0) is 32.3 Å². The molecule has 1 aliphatic carbocycles. The summed E-state index contributed by atoms with van der Waals surface area (Å²) >= 11 is 0. The maximum absolute atomic E-state index is 11.8. The van der Waals surface area contributed by atoms with Crippen LogP contribution in [0.5, 0.6) is 0 Å². The molecule has 120 valence electrons. The predicted molar refractivity (Wildman–Crippen MR) is 86.4 cm³/mol. The highest BCUT2D eigenvalue weighted by Crippen LogP contribution is 2.19. The van der Waals surface area contributed by atoms with Gasteiger partial charge in [0.2, 0.25) is 5.91 Å². The number of allylic oxidation sites excluding steroid dienone is 1. The van der Waals surface area contributed by atoms with Crippen molar-refractivity contribution in [3.05, 3.63) is 29.6 Å². The number of hydrogen-bond acceptors (Lipinski definition) is 3. The lowest BCUT2D eigenvalue weighted by molar-refractivity contribution is -0.121. The molecule has 5 nitrogen and oxygen atoms in total. The van der Waals surface area contributed by atoms with E-state index >= 15 is 0 Å². The Balaban J connectivity index is 1.55. The number of fused-ring (bicyclic) bond motifs is 1. The minimum absolute atomic E-state index is 0.167. The van der Waals surface area contributed by atoms with Gasteiger partial charge in [0.05, 0.1) is 11.4 Å². The van der Waals surface area contributed by atoms with E-state index in [1.54, 1.807) is 0 Å². The number of nitrogens with zero attached hydrogens (tertiary/aromatic N) is 3. The van der Waals surface area contributed by atoms with Crippen LogP contribution in [0.1, 0.15) is 44.0 Å². The van der Waals surface area contributed by atoms with Crippen LogP contribution in [0.15, 0.2) is 18.2 Å². The van der Waals surface area contributed by atoms with Crippen molar-refractivity contribution in [3.8, 4) is 0 Å². The van der Waals surface area contributed by atoms with Crippen molar-refractivity contribution in [1.29, 1.82) is 0 Å². The highest BCUT2D eigenvalue weighted by atomic mass is 16.1. The van der Waals surface area contributed by atoms with Crippen LogP contribution in [0.4, 0.5) is 0 Å². The van der Waals surface area contributed by atoms with E-state index in [4.69, 9.17) is 0 Å². The van der Waals surface area contributed by atoms with Crippen LogP contribution in [0.25, 0.3) is 0 Å². The van der Waals surface area contributed by atoms with Crippen LogP contribution in [0, 0.1) is 0 Å². The van der Waals surface area contributed by atoms with Crippen molar-refractivity contribution in [3.63, 3.8) is 0 Å². The number of aryl methyl sites for hydroxylation is 2. The van der Waals surface area contributed by atoms with Crippen LogP contribution >= 0.6 is 0 Å². The molecule has 1 N–H and O–H groups in total. The Hall–Kier alpha value is -1.62. The first-order chi connectivity index (χ1) is 10.7. The highest BCUT2D eigenvalue weighted by molar-refractivity contribution is 5.76. The first-order valence-electron chi connectivity index (χ1n) is 8.43. The van der Waals surface area contributed by atoms with Crippen molar-refractivity contribution >= 4 is 5.91 Å². The van der Waals surface area contributed by atoms with Crippen LogP contribution < -0.4 is 5.32 Å². The molecule has 0 aromatic carbocycles. The van der Waals surface area contributed by atoms with E-state index < -0.39 is 0 Å². The monoisotopic (exact) mass is 302 g/mol. The molecule has 5 heteroatoms. The molecule has 0 bridgehead atoms. The smallest absolute Gasteiger partial charge is 0.220 e. The van der Waals surface area contributed by atoms with Gasteiger partial charge in [-0.2, -0.15) is 5.10 Å². The second kappa shape index (κ2) is 7.09. The minimum Gasteiger partial charge on any atom is -0.353 e. The SMILES string of the molecule is CC=CCN1CCCn2nc(CCC(=O)NC3CC3)cc2C1. The van der Waals surface area contributed by atoms with Gasteiger partial charge in [-0.25, -0.2) is 0 Å². The van der Waals surface area contributed by atoms with Gasteiger partial charge < -0.3 is 5.32 Å². The lowest BCUT2D eigenvalue weighted by Gasteiger charge is -2.16. The van der Waals surface area contributed by atoms with E-state index in [0.29, 0.717) is 12.5 Å². The highest BCUT2D eigenvalue weighted by Gasteiger charge is 2.23. The number of rotatable bonds is 6. The molecule has 1 fully saturated rings. The molecule has 2 heterocycles. The van der Waals surface area contributed by atoms with Gasteiger partial charge in [0.15, 0.2) is 0 Å². The molecule has 0 radical (unpaired) electrons. The van der Waals surface area contributed by atoms with E-state index in [0.717, 1.165) is 57.6 Å². The summed E-state index contributed by atoms with van der Waals surface area (Å²) in [6.07, 6.45) is 9.02. The number of carbonyl (C=O) groups excluding carboxylic acids is 1. The van der Waals surface area contributed by atoms with Gasteiger partial charge in [0.1, 0.15) is 0 Å². The van der Waals surface area contributed by atoms with Gasteiger partial charge in [0, 0.05) is 45.1 Å². The molecule has 1 aromatic heterocycles. The van der Waals surface area contributed by atoms with Gasteiger partial charge in [-0.15, -0.1) is 0 Å². The fourth-order valence-electron chi connectivity index (χ4n) is 2.89. The quantitative estimate of drug-likeness (QED) is 0.816. The van der Waals surface area contributed by atoms with Crippen LogP contribution in [0.2, 0.25) is 0 Å². The van der Waals surface area contributed by atoms with Crippen molar-refractivity contribution in [1.82, 2.24) is 20.0 Å². The molecule has 22 heavy (non-hydrogen) atoms. The molecule has 2 aliphatic rings. The third kappa shape index (κ3) is 4.19. The number of aromatic nitrogens is 2. The Morgan fingerprint density at radius 1 is 1.45 bits per heavy atom. The Morgan fingerprint density at radius 3 is 3.09 bits per heavy atom. The summed E-state index contributed by atoms with van der Waals surface area (Å²) in [5.74, 6) is 0.167. The summed E-state index contributed by atoms with van der Waals surface area (Å²) in [7, 11) is 0. The van der Waals surface area contributed by atoms with Gasteiger partial charge >= 0.3 is 0 Å². The average molecular weight is 302 g/mol. The van der Waals surface area contributed by atoms with Crippen molar-refractivity contribution < 1.29 is 4.79 Å². The lowest BCUT2D eigenvalue weighted by Crippen LogP contribution is -2.25. The number of amides is 1. The summed E-state index contributed by atoms with van der Waals surface area (Å²) in [4.78, 5) is 14.2. The van der Waals surface area contributed by atoms with Gasteiger partial charge in [-0.3, -0.25) is 14.4 Å². The van der Waals surface area contributed by atoms with E-state index in [-0.39, 0.29) is 5.91 Å². The number of nitrogens with one attached hydrogen (secondary N) is 1. The Labute approximate surface area is 132 Å². The van der Waals surface area contributed by atoms with Crippen molar-refractivity contribution in [2.24, 2.45) is 0 Å². The zero-order chi connectivity index (χ0) is 15.4. The minimum atomic E-state index is 0.167. The normalized spacial score (nSPS) is 19.1. The molecule has 1 saturated carbocycles. The second-order valence-corrected chi connectivity index (χ2v) is 6.35. The maximum atomic E-state index is 11.8. The number of hydrogen-bond donors (Lipinski definition) is 1. The van der Waals surface area contributed by atoms with Crippen LogP contribution in [0.3, 0.4) is 0 Å². The molecule has 1 amide bonds. The molecular formula is C17H26N4O. The zero-order valence-electron chi connectivity index (χ0n) is 13.4. The second-order valence-electron chi connectivity index (χ2n) is 6.35. The fraction of sp³-hybridized carbons (Fsp3) is 0.647. The molecule has 0 spiro atoms. The van der Waals surface area contributed by atoms with Crippen molar-refractivity contribution in [2.45, 2.75) is 58.2 Å². The molecule has 0 unspecified atom stereocenters. The fourth-order valence-corrected chi connectivity index (χ4v) is 2.89. The molecule has 0 saturated heterocycles. The third-order valence-corrected chi connectivity index (χ3v) is 4.29. The molecule has 1 aromatic rings. The predicted octanol–water partition coefficient (Wildman–Crippen LogP) is 1.88. The third-order valence-electron chi connectivity index (χ3n) is 4.29. The Bertz CT molecular complexity index is 545. The Morgan fingerprint density at radius 2 is 2.32 bits per heavy atom. The van der Waals surface area contributed by atoms with Crippen LogP contribution in [-0.2, 0) is 24.3 Å². The average Bonchev–Trinajstić information content (AvgIpc) is 3.26. The summed E-state index contributed by atoms with van der Waals surface area (Å²) in [5, 5.41) is 7.72. The summed E-state index contributed by atoms with van der Waals surface area (Å²) in [6, 6.07) is 2.63. The van der Waals surface area contributed by atoms with E-state index in [9.17, 15) is 4.79 Å². The topological polar surface area (TPSA) is 50.2 Å². The molecule has 1 aliphatic heterocycles. The lowest BCUT2D eigenvalue weighted by atomic mass is 10.2. The zero-order valence-corrected chi connectivity index (χ0v) is 13.4. The first-order valence-corrected chi connectivity index (χ1v) is 8.43. The summed E-state index contributed by atoms with van der Waals surface area (Å²) in [5.41, 5.74) is 2.33. The van der Waals surface area contributed by atoms with Crippen LogP contribution in [-0.4, -0.2) is 39.7 Å². The standard InChI is InChI=1S/C17H26N4O/c1-2-3-9-20-10-4-11-21-16(13-20)12-15(19-21)7-8-17(22)18-14-5-6-14/h2-3,12,14H,4-11,13H2,1H3,(H,18,22). The van der Waals surface area contributed by atoms with E-state index in [1.807, 2.05) is 0 Å². The number of carbonyl (C=O) groups is 1.